The third-order valence-electron chi connectivity index (χ3n) is 5.66. The Bertz CT molecular complexity index is 1070. The van der Waals surface area contributed by atoms with Crippen molar-refractivity contribution in [2.24, 2.45) is 0 Å². The van der Waals surface area contributed by atoms with Crippen molar-refractivity contribution in [1.82, 2.24) is 9.80 Å². The van der Waals surface area contributed by atoms with Crippen LogP contribution in [0.5, 0.6) is 17.2 Å². The van der Waals surface area contributed by atoms with Gasteiger partial charge in [0, 0.05) is 12.1 Å². The van der Waals surface area contributed by atoms with E-state index in [4.69, 9.17) is 14.2 Å². The highest BCUT2D eigenvalue weighted by Gasteiger charge is 2.46. The minimum absolute atomic E-state index is 0.0873. The van der Waals surface area contributed by atoms with Gasteiger partial charge in [-0.3, -0.25) is 9.59 Å². The van der Waals surface area contributed by atoms with Crippen LogP contribution >= 0.6 is 0 Å². The number of benzene rings is 2. The molecule has 1 aliphatic heterocycles. The summed E-state index contributed by atoms with van der Waals surface area (Å²) in [4.78, 5) is 29.6. The molecule has 9 heteroatoms. The zero-order chi connectivity index (χ0) is 25.0. The molecule has 0 radical (unpaired) electrons. The smallest absolute Gasteiger partial charge is 0.295 e. The Morgan fingerprint density at radius 1 is 1.03 bits per heavy atom. The average molecular weight is 473 g/mol. The van der Waals surface area contributed by atoms with Crippen molar-refractivity contribution in [3.8, 4) is 17.2 Å². The summed E-state index contributed by atoms with van der Waals surface area (Å²) in [6.45, 7) is 0.979. The van der Waals surface area contributed by atoms with Crippen LogP contribution in [0, 0.1) is 5.82 Å². The van der Waals surface area contributed by atoms with E-state index in [1.54, 1.807) is 12.1 Å². The van der Waals surface area contributed by atoms with Gasteiger partial charge in [0.05, 0.1) is 32.9 Å². The van der Waals surface area contributed by atoms with E-state index in [1.807, 2.05) is 19.0 Å². The number of Topliss-reactive ketones (excluding diaryl/α,β-unsaturated/α-hetero) is 1. The first kappa shape index (κ1) is 25.0. The van der Waals surface area contributed by atoms with E-state index < -0.39 is 23.5 Å². The zero-order valence-corrected chi connectivity index (χ0v) is 19.9. The number of likely N-dealkylation sites (tertiary alicyclic amines) is 1. The average Bonchev–Trinajstić information content (AvgIpc) is 3.07. The fraction of sp³-hybridized carbons (Fsp3) is 0.360. The van der Waals surface area contributed by atoms with E-state index >= 15 is 0 Å². The Balaban J connectivity index is 2.21. The van der Waals surface area contributed by atoms with Crippen LogP contribution in [0.4, 0.5) is 4.39 Å². The number of carbonyl (C=O) groups is 2. The van der Waals surface area contributed by atoms with Crippen LogP contribution in [0.15, 0.2) is 42.0 Å². The molecule has 0 aromatic heterocycles. The summed E-state index contributed by atoms with van der Waals surface area (Å²) >= 11 is 0. The maximum atomic E-state index is 13.4. The summed E-state index contributed by atoms with van der Waals surface area (Å²) in [6.07, 6.45) is 0.609. The van der Waals surface area contributed by atoms with E-state index in [0.29, 0.717) is 35.8 Å². The van der Waals surface area contributed by atoms with Crippen molar-refractivity contribution in [3.63, 3.8) is 0 Å². The molecule has 0 spiro atoms. The van der Waals surface area contributed by atoms with Gasteiger partial charge in [-0.1, -0.05) is 0 Å². The number of halogens is 1. The van der Waals surface area contributed by atoms with Crippen LogP contribution in [0.2, 0.25) is 0 Å². The minimum Gasteiger partial charge on any atom is -0.507 e. The van der Waals surface area contributed by atoms with Crippen LogP contribution in [-0.4, -0.2) is 75.1 Å². The van der Waals surface area contributed by atoms with Crippen molar-refractivity contribution >= 4 is 17.4 Å². The molecule has 8 nitrogen and oxygen atoms in total. The lowest BCUT2D eigenvalue weighted by atomic mass is 9.94. The first-order valence-corrected chi connectivity index (χ1v) is 10.7. The number of amides is 1. The van der Waals surface area contributed by atoms with Crippen LogP contribution < -0.4 is 14.2 Å². The molecular formula is C25H29FN2O6. The summed E-state index contributed by atoms with van der Waals surface area (Å²) in [5.74, 6) is -1.35. The Morgan fingerprint density at radius 2 is 1.62 bits per heavy atom. The van der Waals surface area contributed by atoms with Gasteiger partial charge in [0.15, 0.2) is 11.5 Å². The summed E-state index contributed by atoms with van der Waals surface area (Å²) < 4.78 is 29.7. The van der Waals surface area contributed by atoms with Gasteiger partial charge in [0.2, 0.25) is 5.75 Å². The van der Waals surface area contributed by atoms with Crippen LogP contribution in [-0.2, 0) is 9.59 Å². The van der Waals surface area contributed by atoms with Crippen molar-refractivity contribution in [2.45, 2.75) is 12.5 Å². The van der Waals surface area contributed by atoms with Crippen LogP contribution in [0.25, 0.3) is 5.76 Å². The largest absolute Gasteiger partial charge is 0.507 e. The van der Waals surface area contributed by atoms with Crippen LogP contribution in [0.1, 0.15) is 23.6 Å². The Hall–Kier alpha value is -3.59. The van der Waals surface area contributed by atoms with Gasteiger partial charge in [-0.25, -0.2) is 4.39 Å². The van der Waals surface area contributed by atoms with E-state index in [0.717, 1.165) is 0 Å². The minimum atomic E-state index is -0.902. The fourth-order valence-corrected chi connectivity index (χ4v) is 4.04. The summed E-state index contributed by atoms with van der Waals surface area (Å²) in [5, 5.41) is 11.1. The number of carbonyl (C=O) groups excluding carboxylic acids is 2. The molecule has 1 amide bonds. The third kappa shape index (κ3) is 4.84. The standard InChI is InChI=1S/C25H29FN2O6/c1-27(2)11-6-12-28-21(16-13-18(32-3)24(34-5)19(14-16)33-4)20(23(30)25(28)31)22(29)15-7-9-17(26)10-8-15/h7-10,13-14,21,29H,6,11-12H2,1-5H3/b22-20+. The van der Waals surface area contributed by atoms with Gasteiger partial charge in [0.25, 0.3) is 11.7 Å². The first-order valence-electron chi connectivity index (χ1n) is 10.7. The number of aliphatic hydroxyl groups excluding tert-OH is 1. The molecule has 1 saturated heterocycles. The molecule has 2 aromatic rings. The highest BCUT2D eigenvalue weighted by molar-refractivity contribution is 6.46. The number of rotatable bonds is 9. The lowest BCUT2D eigenvalue weighted by Gasteiger charge is -2.27. The van der Waals surface area contributed by atoms with Gasteiger partial charge in [-0.15, -0.1) is 0 Å². The Labute approximate surface area is 198 Å². The SMILES string of the molecule is COc1cc(C2/C(=C(\O)c3ccc(F)cc3)C(=O)C(=O)N2CCCN(C)C)cc(OC)c1OC. The first-order chi connectivity index (χ1) is 16.2. The number of hydrogen-bond donors (Lipinski definition) is 1. The van der Waals surface area contributed by atoms with Gasteiger partial charge < -0.3 is 29.1 Å². The lowest BCUT2D eigenvalue weighted by Crippen LogP contribution is -2.32. The van der Waals surface area contributed by atoms with Crippen molar-refractivity contribution in [2.75, 3.05) is 48.5 Å². The predicted molar refractivity (Wildman–Crippen MR) is 125 cm³/mol. The molecule has 1 heterocycles. The Morgan fingerprint density at radius 3 is 2.12 bits per heavy atom. The number of ether oxygens (including phenoxy) is 3. The zero-order valence-electron chi connectivity index (χ0n) is 19.9. The monoisotopic (exact) mass is 472 g/mol. The maximum Gasteiger partial charge on any atom is 0.295 e. The summed E-state index contributed by atoms with van der Waals surface area (Å²) in [5.41, 5.74) is 0.642. The summed E-state index contributed by atoms with van der Waals surface area (Å²) in [7, 11) is 8.24. The quantitative estimate of drug-likeness (QED) is 0.341. The predicted octanol–water partition coefficient (Wildman–Crippen LogP) is 3.22. The van der Waals surface area contributed by atoms with E-state index in [2.05, 4.69) is 0 Å². The molecule has 1 aliphatic rings. The third-order valence-corrected chi connectivity index (χ3v) is 5.66. The van der Waals surface area contributed by atoms with E-state index in [9.17, 15) is 19.1 Å². The van der Waals surface area contributed by atoms with Gasteiger partial charge in [-0.2, -0.15) is 0 Å². The highest BCUT2D eigenvalue weighted by atomic mass is 19.1. The number of ketones is 1. The topological polar surface area (TPSA) is 88.5 Å². The molecule has 1 N–H and O–H groups in total. The highest BCUT2D eigenvalue weighted by Crippen LogP contribution is 2.45. The molecular weight excluding hydrogens is 443 g/mol. The van der Waals surface area contributed by atoms with Gasteiger partial charge in [0.1, 0.15) is 11.6 Å². The van der Waals surface area contributed by atoms with Crippen LogP contribution in [0.3, 0.4) is 0 Å². The summed E-state index contributed by atoms with van der Waals surface area (Å²) in [6, 6.07) is 7.46. The van der Waals surface area contributed by atoms with Gasteiger partial charge in [-0.05, 0) is 69.0 Å². The normalized spacial score (nSPS) is 17.4. The van der Waals surface area contributed by atoms with E-state index in [-0.39, 0.29) is 23.4 Å². The number of hydrogen-bond acceptors (Lipinski definition) is 7. The molecule has 34 heavy (non-hydrogen) atoms. The molecule has 0 bridgehead atoms. The molecule has 1 atom stereocenters. The fourth-order valence-electron chi connectivity index (χ4n) is 4.04. The number of aliphatic hydroxyl groups is 1. The van der Waals surface area contributed by atoms with E-state index in [1.165, 1.54) is 50.5 Å². The second kappa shape index (κ2) is 10.6. The molecule has 1 unspecified atom stereocenters. The molecule has 182 valence electrons. The molecule has 0 aliphatic carbocycles. The van der Waals surface area contributed by atoms with Crippen molar-refractivity contribution in [1.29, 1.82) is 0 Å². The maximum absolute atomic E-state index is 13.4. The van der Waals surface area contributed by atoms with Crippen molar-refractivity contribution < 1.29 is 33.3 Å². The molecule has 0 saturated carbocycles. The van der Waals surface area contributed by atoms with Crippen molar-refractivity contribution in [3.05, 3.63) is 58.9 Å². The lowest BCUT2D eigenvalue weighted by molar-refractivity contribution is -0.139. The molecule has 2 aromatic carbocycles. The Kier molecular flexibility index (Phi) is 7.78. The molecule has 3 rings (SSSR count). The number of methoxy groups -OCH3 is 3. The second-order valence-corrected chi connectivity index (χ2v) is 8.11. The number of nitrogens with zero attached hydrogens (tertiary/aromatic N) is 2. The van der Waals surface area contributed by atoms with Gasteiger partial charge >= 0.3 is 0 Å². The second-order valence-electron chi connectivity index (χ2n) is 8.11. The molecule has 1 fully saturated rings.